The third-order valence-corrected chi connectivity index (χ3v) is 6.27. The molecule has 0 saturated heterocycles. The van der Waals surface area contributed by atoms with Gasteiger partial charge in [-0.3, -0.25) is 14.4 Å². The van der Waals surface area contributed by atoms with Gasteiger partial charge in [-0.05, 0) is 36.1 Å². The van der Waals surface area contributed by atoms with Gasteiger partial charge in [-0.2, -0.15) is 0 Å². The van der Waals surface area contributed by atoms with E-state index in [-0.39, 0.29) is 18.2 Å². The first-order chi connectivity index (χ1) is 18.0. The molecule has 3 aromatic carbocycles. The lowest BCUT2D eigenvalue weighted by molar-refractivity contribution is -0.131. The fourth-order valence-electron chi connectivity index (χ4n) is 4.26. The Labute approximate surface area is 216 Å². The minimum atomic E-state index is -0.795. The number of amides is 3. The highest BCUT2D eigenvalue weighted by molar-refractivity contribution is 5.93. The van der Waals surface area contributed by atoms with Crippen molar-refractivity contribution >= 4 is 28.6 Å². The van der Waals surface area contributed by atoms with Crippen LogP contribution >= 0.6 is 0 Å². The fraction of sp³-hybridized carbons (Fsp3) is 0.233. The third-order valence-electron chi connectivity index (χ3n) is 6.27. The zero-order valence-corrected chi connectivity index (χ0v) is 20.9. The summed E-state index contributed by atoms with van der Waals surface area (Å²) in [5, 5.41) is 9.56. The number of carbonyl (C=O) groups excluding carboxylic acids is 3. The van der Waals surface area contributed by atoms with Crippen LogP contribution in [0.5, 0.6) is 0 Å². The van der Waals surface area contributed by atoms with E-state index in [2.05, 4.69) is 20.9 Å². The van der Waals surface area contributed by atoms with Gasteiger partial charge >= 0.3 is 0 Å². The summed E-state index contributed by atoms with van der Waals surface area (Å²) >= 11 is 0. The molecule has 1 aromatic heterocycles. The largest absolute Gasteiger partial charge is 0.361 e. The number of benzene rings is 3. The van der Waals surface area contributed by atoms with Gasteiger partial charge in [0.2, 0.25) is 17.7 Å². The molecular formula is C30H32N4O3. The maximum Gasteiger partial charge on any atom is 0.242 e. The third kappa shape index (κ3) is 7.30. The van der Waals surface area contributed by atoms with E-state index < -0.39 is 18.0 Å². The molecule has 7 heteroatoms. The molecule has 0 unspecified atom stereocenters. The van der Waals surface area contributed by atoms with E-state index in [9.17, 15) is 14.4 Å². The number of nitrogens with one attached hydrogen (secondary N) is 4. The SMILES string of the molecule is C[C@H](NC(=O)Cc1ccccc1)C(=O)N[C@H](Cc1c[nH]c2ccccc12)C(=O)NCCc1ccccc1. The van der Waals surface area contributed by atoms with Gasteiger partial charge in [-0.25, -0.2) is 0 Å². The number of aromatic nitrogens is 1. The van der Waals surface area contributed by atoms with E-state index in [0.717, 1.165) is 27.6 Å². The van der Waals surface area contributed by atoms with E-state index in [0.29, 0.717) is 19.4 Å². The average Bonchev–Trinajstić information content (AvgIpc) is 3.32. The van der Waals surface area contributed by atoms with Crippen molar-refractivity contribution in [1.82, 2.24) is 20.9 Å². The molecule has 4 rings (SSSR count). The first-order valence-corrected chi connectivity index (χ1v) is 12.5. The van der Waals surface area contributed by atoms with Gasteiger partial charge in [0.25, 0.3) is 0 Å². The number of rotatable bonds is 11. The Bertz CT molecular complexity index is 1330. The van der Waals surface area contributed by atoms with Crippen LogP contribution in [0.2, 0.25) is 0 Å². The second-order valence-corrected chi connectivity index (χ2v) is 9.10. The lowest BCUT2D eigenvalue weighted by atomic mass is 10.0. The van der Waals surface area contributed by atoms with Crippen LogP contribution < -0.4 is 16.0 Å². The van der Waals surface area contributed by atoms with Gasteiger partial charge < -0.3 is 20.9 Å². The standard InChI is InChI=1S/C30H32N4O3/c1-21(33-28(35)18-23-12-6-3-7-13-23)29(36)34-27(19-24-20-32-26-15-9-8-14-25(24)26)30(37)31-17-16-22-10-4-2-5-11-22/h2-15,20-21,27,32H,16-19H2,1H3,(H,31,37)(H,33,35)(H,34,36)/t21-,27+/m0/s1. The highest BCUT2D eigenvalue weighted by Gasteiger charge is 2.25. The molecule has 0 fully saturated rings. The highest BCUT2D eigenvalue weighted by Crippen LogP contribution is 2.19. The Morgan fingerprint density at radius 3 is 2.16 bits per heavy atom. The first-order valence-electron chi connectivity index (χ1n) is 12.5. The smallest absolute Gasteiger partial charge is 0.242 e. The number of H-pyrrole nitrogens is 1. The van der Waals surface area contributed by atoms with Crippen LogP contribution in [0.4, 0.5) is 0 Å². The maximum absolute atomic E-state index is 13.2. The molecule has 1 heterocycles. The van der Waals surface area contributed by atoms with Gasteiger partial charge in [0, 0.05) is 30.1 Å². The van der Waals surface area contributed by atoms with Gasteiger partial charge in [-0.1, -0.05) is 78.9 Å². The molecule has 2 atom stereocenters. The summed E-state index contributed by atoms with van der Waals surface area (Å²) in [5.74, 6) is -0.934. The van der Waals surface area contributed by atoms with Crippen LogP contribution in [-0.2, 0) is 33.6 Å². The lowest BCUT2D eigenvalue weighted by Gasteiger charge is -2.21. The molecule has 3 amide bonds. The molecule has 7 nitrogen and oxygen atoms in total. The Kier molecular flexibility index (Phi) is 8.70. The molecule has 0 saturated carbocycles. The van der Waals surface area contributed by atoms with Crippen LogP contribution in [0.1, 0.15) is 23.6 Å². The lowest BCUT2D eigenvalue weighted by Crippen LogP contribution is -2.54. The predicted molar refractivity (Wildman–Crippen MR) is 145 cm³/mol. The normalized spacial score (nSPS) is 12.5. The van der Waals surface area contributed by atoms with Crippen molar-refractivity contribution in [2.24, 2.45) is 0 Å². The number of hydrogen-bond acceptors (Lipinski definition) is 3. The molecule has 0 aliphatic rings. The predicted octanol–water partition coefficient (Wildman–Crippen LogP) is 3.30. The minimum Gasteiger partial charge on any atom is -0.361 e. The quantitative estimate of drug-likeness (QED) is 0.256. The molecule has 4 aromatic rings. The molecule has 4 N–H and O–H groups in total. The molecule has 0 aliphatic carbocycles. The van der Waals surface area contributed by atoms with Crippen molar-refractivity contribution < 1.29 is 14.4 Å². The number of carbonyl (C=O) groups is 3. The summed E-state index contributed by atoms with van der Waals surface area (Å²) in [6, 6.07) is 25.5. The first kappa shape index (κ1) is 25.7. The zero-order valence-electron chi connectivity index (χ0n) is 20.9. The Hall–Kier alpha value is -4.39. The molecule has 0 aliphatic heterocycles. The van der Waals surface area contributed by atoms with Crippen molar-refractivity contribution in [2.75, 3.05) is 6.54 Å². The summed E-state index contributed by atoms with van der Waals surface area (Å²) in [4.78, 5) is 41.9. The van der Waals surface area contributed by atoms with E-state index in [1.54, 1.807) is 6.92 Å². The zero-order chi connectivity index (χ0) is 26.0. The summed E-state index contributed by atoms with van der Waals surface area (Å²) < 4.78 is 0. The fourth-order valence-corrected chi connectivity index (χ4v) is 4.26. The number of hydrogen-bond donors (Lipinski definition) is 4. The second kappa shape index (κ2) is 12.5. The number of aromatic amines is 1. The molecule has 37 heavy (non-hydrogen) atoms. The van der Waals surface area contributed by atoms with Crippen molar-refractivity contribution in [2.45, 2.75) is 38.3 Å². The molecule has 190 valence electrons. The van der Waals surface area contributed by atoms with E-state index in [4.69, 9.17) is 0 Å². The Morgan fingerprint density at radius 2 is 1.43 bits per heavy atom. The Balaban J connectivity index is 1.40. The van der Waals surface area contributed by atoms with E-state index in [1.807, 2.05) is 91.1 Å². The van der Waals surface area contributed by atoms with Crippen molar-refractivity contribution in [1.29, 1.82) is 0 Å². The van der Waals surface area contributed by atoms with Crippen LogP contribution in [0.25, 0.3) is 10.9 Å². The Morgan fingerprint density at radius 1 is 0.784 bits per heavy atom. The molecule has 0 bridgehead atoms. The van der Waals surface area contributed by atoms with Crippen LogP contribution in [0.3, 0.4) is 0 Å². The van der Waals surface area contributed by atoms with Gasteiger partial charge in [0.15, 0.2) is 0 Å². The summed E-state index contributed by atoms with van der Waals surface area (Å²) in [5.41, 5.74) is 3.88. The second-order valence-electron chi connectivity index (χ2n) is 9.10. The summed E-state index contributed by atoms with van der Waals surface area (Å²) in [6.07, 6.45) is 3.05. The van der Waals surface area contributed by atoms with Crippen LogP contribution in [0, 0.1) is 0 Å². The molecule has 0 radical (unpaired) electrons. The maximum atomic E-state index is 13.2. The summed E-state index contributed by atoms with van der Waals surface area (Å²) in [7, 11) is 0. The van der Waals surface area contributed by atoms with Crippen molar-refractivity contribution in [3.63, 3.8) is 0 Å². The minimum absolute atomic E-state index is 0.178. The van der Waals surface area contributed by atoms with Crippen LogP contribution in [-0.4, -0.2) is 41.3 Å². The van der Waals surface area contributed by atoms with Crippen LogP contribution in [0.15, 0.2) is 91.1 Å². The summed E-state index contributed by atoms with van der Waals surface area (Å²) in [6.45, 7) is 2.07. The number of para-hydroxylation sites is 1. The number of fused-ring (bicyclic) bond motifs is 1. The van der Waals surface area contributed by atoms with Crippen molar-refractivity contribution in [3.8, 4) is 0 Å². The van der Waals surface area contributed by atoms with Gasteiger partial charge in [-0.15, -0.1) is 0 Å². The monoisotopic (exact) mass is 496 g/mol. The van der Waals surface area contributed by atoms with Crippen molar-refractivity contribution in [3.05, 3.63) is 108 Å². The van der Waals surface area contributed by atoms with Gasteiger partial charge in [0.1, 0.15) is 12.1 Å². The molecule has 0 spiro atoms. The topological polar surface area (TPSA) is 103 Å². The average molecular weight is 497 g/mol. The molecular weight excluding hydrogens is 464 g/mol. The highest BCUT2D eigenvalue weighted by atomic mass is 16.2. The van der Waals surface area contributed by atoms with Gasteiger partial charge in [0.05, 0.1) is 6.42 Å². The van der Waals surface area contributed by atoms with E-state index >= 15 is 0 Å². The van der Waals surface area contributed by atoms with E-state index in [1.165, 1.54) is 0 Å².